The lowest BCUT2D eigenvalue weighted by molar-refractivity contribution is 0.0937. The molecule has 0 saturated heterocycles. The summed E-state index contributed by atoms with van der Waals surface area (Å²) in [6.07, 6.45) is 3.67. The highest BCUT2D eigenvalue weighted by Crippen LogP contribution is 2.16. The van der Waals surface area contributed by atoms with Crippen molar-refractivity contribution in [2.45, 2.75) is 19.9 Å². The lowest BCUT2D eigenvalue weighted by Crippen LogP contribution is -2.35. The fourth-order valence-corrected chi connectivity index (χ4v) is 2.93. The number of rotatable bonds is 3. The molecule has 0 aliphatic carbocycles. The van der Waals surface area contributed by atoms with Crippen molar-refractivity contribution in [2.24, 2.45) is 4.99 Å². The maximum absolute atomic E-state index is 12.5. The molecule has 1 aliphatic heterocycles. The molecule has 0 fully saturated rings. The predicted octanol–water partition coefficient (Wildman–Crippen LogP) is 2.21. The zero-order valence-corrected chi connectivity index (χ0v) is 15.8. The van der Waals surface area contributed by atoms with Crippen LogP contribution in [0.15, 0.2) is 34.1 Å². The van der Waals surface area contributed by atoms with Gasteiger partial charge in [-0.05, 0) is 48.0 Å². The first kappa shape index (κ1) is 17.6. The number of nitrogens with one attached hydrogen (secondary N) is 2. The summed E-state index contributed by atoms with van der Waals surface area (Å²) in [7, 11) is 0. The van der Waals surface area contributed by atoms with E-state index in [9.17, 15) is 4.79 Å². The predicted molar refractivity (Wildman–Crippen MR) is 97.6 cm³/mol. The molecule has 0 radical (unpaired) electrons. The molecule has 1 amide bonds. The summed E-state index contributed by atoms with van der Waals surface area (Å²) >= 11 is 9.19. The largest absolute Gasteiger partial charge is 0.342 e. The van der Waals surface area contributed by atoms with Crippen molar-refractivity contribution in [3.05, 3.63) is 51.4 Å². The normalized spacial score (nSPS) is 14.6. The summed E-state index contributed by atoms with van der Waals surface area (Å²) in [6, 6.07) is 2.79. The number of carbonyl (C=O) groups is 1. The van der Waals surface area contributed by atoms with Gasteiger partial charge in [0.2, 0.25) is 10.7 Å². The third-order valence-electron chi connectivity index (χ3n) is 3.40. The minimum Gasteiger partial charge on any atom is -0.342 e. The number of aromatic nitrogens is 4. The van der Waals surface area contributed by atoms with E-state index in [2.05, 4.69) is 46.6 Å². The lowest BCUT2D eigenvalue weighted by atomic mass is 10.2. The van der Waals surface area contributed by atoms with Crippen LogP contribution in [0, 0.1) is 6.92 Å². The number of hydrogen-bond acceptors (Lipinski definition) is 6. The van der Waals surface area contributed by atoms with Crippen LogP contribution in [-0.4, -0.2) is 38.2 Å². The molecule has 0 spiro atoms. The summed E-state index contributed by atoms with van der Waals surface area (Å²) in [5, 5.41) is 10.5. The Morgan fingerprint density at radius 2 is 2.24 bits per heavy atom. The van der Waals surface area contributed by atoms with Gasteiger partial charge in [0.05, 0.1) is 12.6 Å². The lowest BCUT2D eigenvalue weighted by Gasteiger charge is -2.16. The Balaban J connectivity index is 1.82. The molecule has 130 valence electrons. The molecule has 1 aliphatic rings. The van der Waals surface area contributed by atoms with E-state index in [0.717, 1.165) is 0 Å². The Morgan fingerprint density at radius 3 is 2.92 bits per heavy atom. The van der Waals surface area contributed by atoms with Gasteiger partial charge in [0.25, 0.3) is 5.91 Å². The fraction of sp³-hybridized carbons (Fsp3) is 0.267. The molecule has 25 heavy (non-hydrogen) atoms. The summed E-state index contributed by atoms with van der Waals surface area (Å²) in [5.41, 5.74) is 1.11. The third kappa shape index (κ3) is 4.05. The van der Waals surface area contributed by atoms with Crippen LogP contribution >= 0.6 is 27.5 Å². The molecule has 0 aromatic carbocycles. The maximum Gasteiger partial charge on any atom is 0.252 e. The molecule has 8 nitrogen and oxygen atoms in total. The van der Waals surface area contributed by atoms with E-state index in [0.29, 0.717) is 34.3 Å². The van der Waals surface area contributed by atoms with Gasteiger partial charge in [-0.3, -0.25) is 4.79 Å². The Labute approximate surface area is 157 Å². The van der Waals surface area contributed by atoms with Crippen LogP contribution in [0.1, 0.15) is 34.8 Å². The molecular weight excluding hydrogens is 410 g/mol. The summed E-state index contributed by atoms with van der Waals surface area (Å²) in [4.78, 5) is 25.2. The second-order valence-corrected chi connectivity index (χ2v) is 6.47. The van der Waals surface area contributed by atoms with E-state index in [-0.39, 0.29) is 11.1 Å². The average Bonchev–Trinajstić information content (AvgIpc) is 2.97. The van der Waals surface area contributed by atoms with Crippen molar-refractivity contribution >= 4 is 39.4 Å². The van der Waals surface area contributed by atoms with E-state index in [1.54, 1.807) is 23.9 Å². The quantitative estimate of drug-likeness (QED) is 0.736. The van der Waals surface area contributed by atoms with E-state index in [1.807, 2.05) is 13.0 Å². The Bertz CT molecular complexity index is 857. The number of hydrogen-bond donors (Lipinski definition) is 2. The van der Waals surface area contributed by atoms with Crippen LogP contribution in [0.5, 0.6) is 0 Å². The smallest absolute Gasteiger partial charge is 0.252 e. The molecule has 10 heteroatoms. The van der Waals surface area contributed by atoms with Crippen molar-refractivity contribution in [3.8, 4) is 0 Å². The van der Waals surface area contributed by atoms with Crippen molar-refractivity contribution in [1.29, 1.82) is 0 Å². The monoisotopic (exact) mass is 423 g/mol. The fourth-order valence-electron chi connectivity index (χ4n) is 2.34. The minimum atomic E-state index is -0.408. The number of pyridine rings is 1. The van der Waals surface area contributed by atoms with Crippen LogP contribution in [0.3, 0.4) is 0 Å². The summed E-state index contributed by atoms with van der Waals surface area (Å²) < 4.78 is 1.97. The van der Waals surface area contributed by atoms with Gasteiger partial charge >= 0.3 is 0 Å². The van der Waals surface area contributed by atoms with Crippen LogP contribution in [0.2, 0.25) is 5.15 Å². The van der Waals surface area contributed by atoms with Gasteiger partial charge < -0.3 is 10.6 Å². The molecule has 2 N–H and O–H groups in total. The van der Waals surface area contributed by atoms with Crippen molar-refractivity contribution < 1.29 is 4.79 Å². The molecule has 2 aromatic heterocycles. The third-order valence-corrected chi connectivity index (χ3v) is 3.93. The molecular formula is C15H15BrClN7O. The topological polar surface area (TPSA) is 97.1 Å². The SMILES string of the molecule is Cc1cc(C(=O)NC(C)c2nc(Br)nn2C2=NCC=CN2)cc(Cl)n1. The van der Waals surface area contributed by atoms with Crippen LogP contribution in [0.4, 0.5) is 0 Å². The van der Waals surface area contributed by atoms with E-state index < -0.39 is 6.04 Å². The number of halogens is 2. The highest BCUT2D eigenvalue weighted by molar-refractivity contribution is 9.10. The molecule has 1 unspecified atom stereocenters. The first-order valence-corrected chi connectivity index (χ1v) is 8.65. The first-order valence-electron chi connectivity index (χ1n) is 7.48. The van der Waals surface area contributed by atoms with Crippen molar-refractivity contribution in [1.82, 2.24) is 30.4 Å². The van der Waals surface area contributed by atoms with Gasteiger partial charge in [-0.15, -0.1) is 5.10 Å². The maximum atomic E-state index is 12.5. The molecule has 0 saturated carbocycles. The van der Waals surface area contributed by atoms with Gasteiger partial charge in [-0.25, -0.2) is 15.0 Å². The van der Waals surface area contributed by atoms with Crippen LogP contribution in [0.25, 0.3) is 0 Å². The molecule has 3 rings (SSSR count). The highest BCUT2D eigenvalue weighted by atomic mass is 79.9. The number of aliphatic imine (C=N–C) groups is 1. The molecule has 3 heterocycles. The Morgan fingerprint density at radius 1 is 1.44 bits per heavy atom. The molecule has 2 aromatic rings. The number of aryl methyl sites for hydroxylation is 1. The zero-order valence-electron chi connectivity index (χ0n) is 13.5. The van der Waals surface area contributed by atoms with Gasteiger partial charge in [0.1, 0.15) is 5.15 Å². The number of amides is 1. The highest BCUT2D eigenvalue weighted by Gasteiger charge is 2.21. The summed E-state index contributed by atoms with van der Waals surface area (Å²) in [6.45, 7) is 4.15. The standard InChI is InChI=1S/C15H15BrClN7O/c1-8-6-10(7-11(17)20-8)13(25)21-9(2)12-22-14(16)23-24(12)15-18-4-3-5-19-15/h3-4,6-7,9H,5H2,1-2H3,(H,18,19)(H,21,25). The second kappa shape index (κ2) is 7.32. The average molecular weight is 425 g/mol. The molecule has 1 atom stereocenters. The summed E-state index contributed by atoms with van der Waals surface area (Å²) in [5.74, 6) is 0.808. The van der Waals surface area contributed by atoms with Gasteiger partial charge in [-0.2, -0.15) is 4.68 Å². The number of nitrogens with zero attached hydrogens (tertiary/aromatic N) is 5. The van der Waals surface area contributed by atoms with E-state index in [1.165, 1.54) is 6.07 Å². The first-order chi connectivity index (χ1) is 11.9. The Kier molecular flexibility index (Phi) is 5.14. The number of carbonyl (C=O) groups excluding carboxylic acids is 1. The molecule has 0 bridgehead atoms. The zero-order chi connectivity index (χ0) is 18.0. The van der Waals surface area contributed by atoms with Crippen molar-refractivity contribution in [2.75, 3.05) is 6.54 Å². The van der Waals surface area contributed by atoms with Gasteiger partial charge in [-0.1, -0.05) is 11.6 Å². The van der Waals surface area contributed by atoms with E-state index in [4.69, 9.17) is 11.6 Å². The van der Waals surface area contributed by atoms with Crippen LogP contribution < -0.4 is 10.6 Å². The van der Waals surface area contributed by atoms with E-state index >= 15 is 0 Å². The minimum absolute atomic E-state index is 0.274. The van der Waals surface area contributed by atoms with Gasteiger partial charge in [0, 0.05) is 17.5 Å². The van der Waals surface area contributed by atoms with Gasteiger partial charge in [0.15, 0.2) is 5.82 Å². The Hall–Kier alpha value is -2.26. The van der Waals surface area contributed by atoms with Crippen molar-refractivity contribution in [3.63, 3.8) is 0 Å². The second-order valence-electron chi connectivity index (χ2n) is 5.38. The van der Waals surface area contributed by atoms with Crippen LogP contribution in [-0.2, 0) is 0 Å².